The van der Waals surface area contributed by atoms with Gasteiger partial charge in [0.05, 0.1) is 18.2 Å². The first-order chi connectivity index (χ1) is 14.7. The third kappa shape index (κ3) is 6.65. The highest BCUT2D eigenvalue weighted by atomic mass is 32.2. The minimum Gasteiger partial charge on any atom is -0.496 e. The van der Waals surface area contributed by atoms with Crippen molar-refractivity contribution >= 4 is 23.6 Å². The summed E-state index contributed by atoms with van der Waals surface area (Å²) in [4.78, 5) is 27.0. The molecule has 31 heavy (non-hydrogen) atoms. The smallest absolute Gasteiger partial charge is 0.416 e. The van der Waals surface area contributed by atoms with Gasteiger partial charge in [-0.25, -0.2) is 0 Å². The van der Waals surface area contributed by atoms with E-state index in [-0.39, 0.29) is 17.7 Å². The van der Waals surface area contributed by atoms with Gasteiger partial charge in [0, 0.05) is 13.6 Å². The summed E-state index contributed by atoms with van der Waals surface area (Å²) >= 11 is 1.50. The number of thioether (sulfide) groups is 1. The van der Waals surface area contributed by atoms with Crippen LogP contribution in [0, 0.1) is 0 Å². The van der Waals surface area contributed by atoms with E-state index in [9.17, 15) is 22.8 Å². The predicted molar refractivity (Wildman–Crippen MR) is 115 cm³/mol. The first kappa shape index (κ1) is 24.6. The van der Waals surface area contributed by atoms with Gasteiger partial charge in [-0.1, -0.05) is 30.3 Å². The molecule has 0 aliphatic rings. The quantitative estimate of drug-likeness (QED) is 0.616. The van der Waals surface area contributed by atoms with Crippen molar-refractivity contribution < 1.29 is 27.5 Å². The lowest BCUT2D eigenvalue weighted by Crippen LogP contribution is -2.47. The van der Waals surface area contributed by atoms with E-state index in [0.29, 0.717) is 17.9 Å². The molecular weight excluding hydrogens is 429 g/mol. The molecule has 0 radical (unpaired) electrons. The summed E-state index contributed by atoms with van der Waals surface area (Å²) < 4.78 is 45.0. The van der Waals surface area contributed by atoms with Crippen LogP contribution in [-0.4, -0.2) is 48.9 Å². The van der Waals surface area contributed by atoms with Crippen LogP contribution < -0.4 is 10.1 Å². The first-order valence-corrected chi connectivity index (χ1v) is 10.9. The van der Waals surface area contributed by atoms with Gasteiger partial charge in [-0.3, -0.25) is 9.59 Å². The molecule has 2 aromatic rings. The zero-order chi connectivity index (χ0) is 23.0. The van der Waals surface area contributed by atoms with Gasteiger partial charge in [0.2, 0.25) is 5.91 Å². The summed E-state index contributed by atoms with van der Waals surface area (Å²) in [5, 5.41) is 2.71. The van der Waals surface area contributed by atoms with Gasteiger partial charge in [0.1, 0.15) is 11.8 Å². The second kappa shape index (κ2) is 11.1. The van der Waals surface area contributed by atoms with Crippen LogP contribution in [0.4, 0.5) is 13.2 Å². The molecule has 1 unspecified atom stereocenters. The number of hydrogen-bond acceptors (Lipinski definition) is 4. The molecule has 0 bridgehead atoms. The van der Waals surface area contributed by atoms with E-state index in [2.05, 4.69) is 5.32 Å². The number of rotatable bonds is 9. The molecule has 0 heterocycles. The largest absolute Gasteiger partial charge is 0.496 e. The molecular formula is C22H25F3N2O3S. The first-order valence-electron chi connectivity index (χ1n) is 9.52. The van der Waals surface area contributed by atoms with Gasteiger partial charge in [-0.2, -0.15) is 24.9 Å². The number of likely N-dealkylation sites (N-methyl/N-ethyl adjacent to an activating group) is 1. The van der Waals surface area contributed by atoms with Crippen LogP contribution in [0.3, 0.4) is 0 Å². The van der Waals surface area contributed by atoms with Crippen LogP contribution in [0.5, 0.6) is 5.75 Å². The number of carbonyl (C=O) groups excluding carboxylic acids is 2. The number of methoxy groups -OCH3 is 1. The predicted octanol–water partition coefficient (Wildman–Crippen LogP) is 4.22. The Morgan fingerprint density at radius 1 is 1.13 bits per heavy atom. The minimum atomic E-state index is -4.52. The zero-order valence-electron chi connectivity index (χ0n) is 17.5. The van der Waals surface area contributed by atoms with Crippen LogP contribution in [-0.2, 0) is 17.5 Å². The molecule has 0 aliphatic heterocycles. The lowest BCUT2D eigenvalue weighted by molar-refractivity contribution is -0.139. The number of amides is 2. The van der Waals surface area contributed by atoms with E-state index in [1.165, 1.54) is 49.0 Å². The average molecular weight is 455 g/mol. The van der Waals surface area contributed by atoms with Crippen molar-refractivity contribution in [2.75, 3.05) is 26.2 Å². The number of para-hydroxylation sites is 1. The van der Waals surface area contributed by atoms with Crippen molar-refractivity contribution in [2.24, 2.45) is 0 Å². The van der Waals surface area contributed by atoms with Crippen LogP contribution in [0.15, 0.2) is 48.5 Å². The van der Waals surface area contributed by atoms with Gasteiger partial charge in [0.25, 0.3) is 5.91 Å². The van der Waals surface area contributed by atoms with Crippen molar-refractivity contribution in [1.29, 1.82) is 0 Å². The molecule has 0 spiro atoms. The Balaban J connectivity index is 2.20. The highest BCUT2D eigenvalue weighted by Gasteiger charge is 2.34. The highest BCUT2D eigenvalue weighted by Crippen LogP contribution is 2.32. The molecule has 0 fully saturated rings. The molecule has 0 aromatic heterocycles. The van der Waals surface area contributed by atoms with Gasteiger partial charge in [-0.15, -0.1) is 0 Å². The molecule has 9 heteroatoms. The van der Waals surface area contributed by atoms with Gasteiger partial charge >= 0.3 is 6.18 Å². The van der Waals surface area contributed by atoms with Crippen molar-refractivity contribution in [2.45, 2.75) is 25.2 Å². The Kier molecular flexibility index (Phi) is 8.79. The molecule has 0 saturated heterocycles. The lowest BCUT2D eigenvalue weighted by atomic mass is 10.1. The monoisotopic (exact) mass is 454 g/mol. The fourth-order valence-corrected chi connectivity index (χ4v) is 3.57. The molecule has 0 aliphatic carbocycles. The third-order valence-corrected chi connectivity index (χ3v) is 5.32. The normalized spacial score (nSPS) is 12.2. The van der Waals surface area contributed by atoms with Crippen LogP contribution in [0.1, 0.15) is 27.9 Å². The van der Waals surface area contributed by atoms with Crippen molar-refractivity contribution in [3.63, 3.8) is 0 Å². The minimum absolute atomic E-state index is 0.00878. The Labute approximate surface area is 184 Å². The Hall–Kier alpha value is -2.68. The molecule has 1 N–H and O–H groups in total. The Morgan fingerprint density at radius 2 is 1.77 bits per heavy atom. The van der Waals surface area contributed by atoms with Crippen LogP contribution >= 0.6 is 11.8 Å². The number of alkyl halides is 3. The molecule has 2 amide bonds. The van der Waals surface area contributed by atoms with Crippen molar-refractivity contribution in [1.82, 2.24) is 10.2 Å². The van der Waals surface area contributed by atoms with Gasteiger partial charge in [0.15, 0.2) is 0 Å². The summed E-state index contributed by atoms with van der Waals surface area (Å²) in [5.41, 5.74) is -0.518. The molecule has 2 aromatic carbocycles. The maximum atomic E-state index is 13.3. The fourth-order valence-electron chi connectivity index (χ4n) is 3.10. The molecule has 168 valence electrons. The lowest BCUT2D eigenvalue weighted by Gasteiger charge is -2.26. The second-order valence-electron chi connectivity index (χ2n) is 6.86. The van der Waals surface area contributed by atoms with Crippen molar-refractivity contribution in [3.8, 4) is 5.75 Å². The Morgan fingerprint density at radius 3 is 2.42 bits per heavy atom. The molecule has 1 atom stereocenters. The summed E-state index contributed by atoms with van der Waals surface area (Å²) in [6, 6.07) is 10.9. The molecule has 0 saturated carbocycles. The number of hydrogen-bond donors (Lipinski definition) is 1. The molecule has 5 nitrogen and oxygen atoms in total. The maximum absolute atomic E-state index is 13.3. The van der Waals surface area contributed by atoms with E-state index < -0.39 is 29.6 Å². The number of benzene rings is 2. The van der Waals surface area contributed by atoms with Crippen molar-refractivity contribution in [3.05, 3.63) is 65.2 Å². The van der Waals surface area contributed by atoms with Gasteiger partial charge in [-0.05, 0) is 42.2 Å². The summed E-state index contributed by atoms with van der Waals surface area (Å²) in [6.45, 7) is -0.227. The molecule has 2 rings (SSSR count). The number of ether oxygens (including phenoxy) is 1. The average Bonchev–Trinajstić information content (AvgIpc) is 2.75. The Bertz CT molecular complexity index is 906. The van der Waals surface area contributed by atoms with E-state index >= 15 is 0 Å². The number of carbonyl (C=O) groups is 2. The standard InChI is InChI=1S/C22H25F3N2O3S/c1-27(14-15-8-4-6-10-17(15)22(23,24)25)21(29)18(12-13-31-3)26-20(28)16-9-5-7-11-19(16)30-2/h4-11,18H,12-14H2,1-3H3,(H,26,28). The topological polar surface area (TPSA) is 58.6 Å². The summed E-state index contributed by atoms with van der Waals surface area (Å²) in [5.74, 6) is 0.00840. The number of nitrogens with one attached hydrogen (secondary N) is 1. The number of nitrogens with zero attached hydrogens (tertiary/aromatic N) is 1. The SMILES string of the molecule is COc1ccccc1C(=O)NC(CCSC)C(=O)N(C)Cc1ccccc1C(F)(F)F. The van der Waals surface area contributed by atoms with E-state index in [1.807, 2.05) is 6.26 Å². The third-order valence-electron chi connectivity index (χ3n) is 4.67. The van der Waals surface area contributed by atoms with Crippen LogP contribution in [0.25, 0.3) is 0 Å². The second-order valence-corrected chi connectivity index (χ2v) is 7.84. The van der Waals surface area contributed by atoms with Gasteiger partial charge < -0.3 is 15.0 Å². The highest BCUT2D eigenvalue weighted by molar-refractivity contribution is 7.98. The fraction of sp³-hybridized carbons (Fsp3) is 0.364. The van der Waals surface area contributed by atoms with E-state index in [0.717, 1.165) is 6.07 Å². The van der Waals surface area contributed by atoms with E-state index in [1.54, 1.807) is 24.3 Å². The van der Waals surface area contributed by atoms with Crippen LogP contribution in [0.2, 0.25) is 0 Å². The van der Waals surface area contributed by atoms with E-state index in [4.69, 9.17) is 4.74 Å². The number of halogens is 3. The summed E-state index contributed by atoms with van der Waals surface area (Å²) in [7, 11) is 2.87. The summed E-state index contributed by atoms with van der Waals surface area (Å²) in [6.07, 6.45) is -2.31. The zero-order valence-corrected chi connectivity index (χ0v) is 18.3. The maximum Gasteiger partial charge on any atom is 0.416 e.